The summed E-state index contributed by atoms with van der Waals surface area (Å²) in [5.41, 5.74) is 0.752. The van der Waals surface area contributed by atoms with Gasteiger partial charge in [0.2, 0.25) is 0 Å². The molecule has 17 heavy (non-hydrogen) atoms. The lowest BCUT2D eigenvalue weighted by molar-refractivity contribution is -0.138. The summed E-state index contributed by atoms with van der Waals surface area (Å²) in [4.78, 5) is 13.0. The molecule has 0 bridgehead atoms. The van der Waals surface area contributed by atoms with Crippen LogP contribution in [0.2, 0.25) is 0 Å². The molecule has 1 N–H and O–H groups in total. The van der Waals surface area contributed by atoms with Crippen molar-refractivity contribution in [2.45, 2.75) is 32.7 Å². The third kappa shape index (κ3) is 3.44. The summed E-state index contributed by atoms with van der Waals surface area (Å²) in [5.74, 6) is -1.15. The maximum absolute atomic E-state index is 12.8. The summed E-state index contributed by atoms with van der Waals surface area (Å²) in [6.07, 6.45) is 1.37. The highest BCUT2D eigenvalue weighted by atomic mass is 19.1. The molecule has 0 amide bonds. The van der Waals surface area contributed by atoms with Gasteiger partial charge in [0, 0.05) is 12.2 Å². The van der Waals surface area contributed by atoms with E-state index in [1.807, 2.05) is 18.7 Å². The second-order valence-electron chi connectivity index (χ2n) is 3.93. The van der Waals surface area contributed by atoms with Crippen LogP contribution in [-0.4, -0.2) is 23.7 Å². The SMILES string of the molecule is CCCN(c1ccc(F)cc1)C(CC)C(=O)O. The molecule has 0 aromatic heterocycles. The van der Waals surface area contributed by atoms with Crippen molar-refractivity contribution in [2.24, 2.45) is 0 Å². The molecule has 1 aromatic carbocycles. The Bertz CT molecular complexity index is 364. The van der Waals surface area contributed by atoms with E-state index in [0.717, 1.165) is 12.1 Å². The minimum absolute atomic E-state index is 0.312. The fourth-order valence-electron chi connectivity index (χ4n) is 1.87. The topological polar surface area (TPSA) is 40.5 Å². The Morgan fingerprint density at radius 3 is 2.35 bits per heavy atom. The van der Waals surface area contributed by atoms with Gasteiger partial charge in [-0.1, -0.05) is 13.8 Å². The first kappa shape index (κ1) is 13.5. The van der Waals surface area contributed by atoms with Crippen LogP contribution in [0.4, 0.5) is 10.1 Å². The second-order valence-corrected chi connectivity index (χ2v) is 3.93. The van der Waals surface area contributed by atoms with Gasteiger partial charge in [-0.3, -0.25) is 0 Å². The fourth-order valence-corrected chi connectivity index (χ4v) is 1.87. The predicted molar refractivity (Wildman–Crippen MR) is 65.8 cm³/mol. The summed E-state index contributed by atoms with van der Waals surface area (Å²) in [5, 5.41) is 9.17. The largest absolute Gasteiger partial charge is 0.480 e. The molecule has 0 spiro atoms. The molecule has 0 aliphatic rings. The molecule has 0 fully saturated rings. The standard InChI is InChI=1S/C13H18FNO2/c1-3-9-15(12(4-2)13(16)17)11-7-5-10(14)6-8-11/h5-8,12H,3-4,9H2,1-2H3,(H,16,17). The third-order valence-electron chi connectivity index (χ3n) is 2.67. The van der Waals surface area contributed by atoms with Gasteiger partial charge in [-0.2, -0.15) is 0 Å². The summed E-state index contributed by atoms with van der Waals surface area (Å²) >= 11 is 0. The summed E-state index contributed by atoms with van der Waals surface area (Å²) in [6, 6.07) is 5.40. The Morgan fingerprint density at radius 1 is 1.35 bits per heavy atom. The Labute approximate surface area is 101 Å². The van der Waals surface area contributed by atoms with Crippen molar-refractivity contribution >= 4 is 11.7 Å². The van der Waals surface area contributed by atoms with Gasteiger partial charge in [-0.15, -0.1) is 0 Å². The van der Waals surface area contributed by atoms with Crippen molar-refractivity contribution in [3.05, 3.63) is 30.1 Å². The highest BCUT2D eigenvalue weighted by Gasteiger charge is 2.23. The van der Waals surface area contributed by atoms with E-state index in [2.05, 4.69) is 0 Å². The van der Waals surface area contributed by atoms with Gasteiger partial charge < -0.3 is 10.0 Å². The first-order valence-corrected chi connectivity index (χ1v) is 5.85. The zero-order chi connectivity index (χ0) is 12.8. The lowest BCUT2D eigenvalue weighted by atomic mass is 10.1. The van der Waals surface area contributed by atoms with Crippen LogP contribution in [0.5, 0.6) is 0 Å². The number of carbonyl (C=O) groups is 1. The van der Waals surface area contributed by atoms with E-state index < -0.39 is 12.0 Å². The molecule has 94 valence electrons. The molecular weight excluding hydrogens is 221 g/mol. The van der Waals surface area contributed by atoms with Crippen LogP contribution < -0.4 is 4.90 Å². The van der Waals surface area contributed by atoms with E-state index in [-0.39, 0.29) is 5.82 Å². The lowest BCUT2D eigenvalue weighted by Crippen LogP contribution is -2.41. The number of halogens is 1. The van der Waals surface area contributed by atoms with Crippen LogP contribution in [0.25, 0.3) is 0 Å². The molecule has 4 heteroatoms. The number of hydrogen-bond donors (Lipinski definition) is 1. The number of rotatable bonds is 6. The summed E-state index contributed by atoms with van der Waals surface area (Å²) < 4.78 is 12.8. The highest BCUT2D eigenvalue weighted by molar-refractivity contribution is 5.78. The van der Waals surface area contributed by atoms with Gasteiger partial charge in [0.15, 0.2) is 0 Å². The monoisotopic (exact) mass is 239 g/mol. The maximum atomic E-state index is 12.8. The van der Waals surface area contributed by atoms with Crippen LogP contribution in [0.15, 0.2) is 24.3 Å². The van der Waals surface area contributed by atoms with Gasteiger partial charge in [0.05, 0.1) is 0 Å². The van der Waals surface area contributed by atoms with Gasteiger partial charge >= 0.3 is 5.97 Å². The Hall–Kier alpha value is -1.58. The molecule has 0 saturated heterocycles. The molecule has 1 rings (SSSR count). The predicted octanol–water partition coefficient (Wildman–Crippen LogP) is 2.91. The third-order valence-corrected chi connectivity index (χ3v) is 2.67. The van der Waals surface area contributed by atoms with E-state index >= 15 is 0 Å². The quantitative estimate of drug-likeness (QED) is 0.829. The van der Waals surface area contributed by atoms with Crippen molar-refractivity contribution in [2.75, 3.05) is 11.4 Å². The zero-order valence-electron chi connectivity index (χ0n) is 10.2. The number of hydrogen-bond acceptors (Lipinski definition) is 2. The Balaban J connectivity index is 2.98. The number of carboxylic acid groups (broad SMARTS) is 1. The van der Waals surface area contributed by atoms with Gasteiger partial charge in [-0.25, -0.2) is 9.18 Å². The molecule has 0 aliphatic heterocycles. The molecular formula is C13H18FNO2. The smallest absolute Gasteiger partial charge is 0.326 e. The minimum atomic E-state index is -0.842. The van der Waals surface area contributed by atoms with Gasteiger partial charge in [0.25, 0.3) is 0 Å². The normalized spacial score (nSPS) is 12.2. The number of carboxylic acids is 1. The van der Waals surface area contributed by atoms with Crippen LogP contribution in [0, 0.1) is 5.82 Å². The number of anilines is 1. The molecule has 0 aliphatic carbocycles. The van der Waals surface area contributed by atoms with E-state index in [1.165, 1.54) is 12.1 Å². The molecule has 0 radical (unpaired) electrons. The molecule has 1 aromatic rings. The molecule has 0 heterocycles. The van der Waals surface area contributed by atoms with E-state index in [1.54, 1.807) is 12.1 Å². The first-order chi connectivity index (χ1) is 8.10. The van der Waals surface area contributed by atoms with E-state index in [9.17, 15) is 14.3 Å². The average Bonchev–Trinajstić information content (AvgIpc) is 2.29. The van der Waals surface area contributed by atoms with Crippen LogP contribution in [0.1, 0.15) is 26.7 Å². The van der Waals surface area contributed by atoms with Crippen LogP contribution >= 0.6 is 0 Å². The minimum Gasteiger partial charge on any atom is -0.480 e. The fraction of sp³-hybridized carbons (Fsp3) is 0.462. The Kier molecular flexibility index (Phi) is 4.94. The Morgan fingerprint density at radius 2 is 1.94 bits per heavy atom. The molecule has 3 nitrogen and oxygen atoms in total. The molecule has 0 saturated carbocycles. The van der Waals surface area contributed by atoms with Crippen molar-refractivity contribution in [1.82, 2.24) is 0 Å². The average molecular weight is 239 g/mol. The second kappa shape index (κ2) is 6.23. The van der Waals surface area contributed by atoms with Crippen molar-refractivity contribution < 1.29 is 14.3 Å². The number of benzene rings is 1. The highest BCUT2D eigenvalue weighted by Crippen LogP contribution is 2.19. The molecule has 1 unspecified atom stereocenters. The summed E-state index contributed by atoms with van der Waals surface area (Å²) in [7, 11) is 0. The number of aliphatic carboxylic acids is 1. The zero-order valence-corrected chi connectivity index (χ0v) is 10.2. The summed E-state index contributed by atoms with van der Waals surface area (Å²) in [6.45, 7) is 4.48. The van der Waals surface area contributed by atoms with Crippen LogP contribution in [0.3, 0.4) is 0 Å². The lowest BCUT2D eigenvalue weighted by Gasteiger charge is -2.30. The first-order valence-electron chi connectivity index (χ1n) is 5.85. The maximum Gasteiger partial charge on any atom is 0.326 e. The van der Waals surface area contributed by atoms with E-state index in [0.29, 0.717) is 13.0 Å². The molecule has 1 atom stereocenters. The number of nitrogens with zero attached hydrogens (tertiary/aromatic N) is 1. The van der Waals surface area contributed by atoms with Gasteiger partial charge in [-0.05, 0) is 37.1 Å². The van der Waals surface area contributed by atoms with E-state index in [4.69, 9.17) is 0 Å². The van der Waals surface area contributed by atoms with Gasteiger partial charge in [0.1, 0.15) is 11.9 Å². The van der Waals surface area contributed by atoms with Crippen molar-refractivity contribution in [3.8, 4) is 0 Å². The van der Waals surface area contributed by atoms with Crippen LogP contribution in [-0.2, 0) is 4.79 Å². The van der Waals surface area contributed by atoms with Crippen molar-refractivity contribution in [1.29, 1.82) is 0 Å². The van der Waals surface area contributed by atoms with Crippen molar-refractivity contribution in [3.63, 3.8) is 0 Å².